The van der Waals surface area contributed by atoms with Gasteiger partial charge in [0.15, 0.2) is 0 Å². The maximum absolute atomic E-state index is 12.3. The molecule has 0 aliphatic rings. The minimum Gasteiger partial charge on any atom is -0.334 e. The first-order valence-corrected chi connectivity index (χ1v) is 5.72. The number of hydrogen-bond acceptors (Lipinski definition) is 2. The number of benzene rings is 1. The van der Waals surface area contributed by atoms with Crippen LogP contribution in [0.5, 0.6) is 0 Å². The molecule has 0 saturated heterocycles. The van der Waals surface area contributed by atoms with Crippen LogP contribution in [0.4, 0.5) is 0 Å². The van der Waals surface area contributed by atoms with E-state index in [1.165, 1.54) is 0 Å². The molecule has 90 valence electrons. The van der Waals surface area contributed by atoms with Crippen LogP contribution in [-0.2, 0) is 0 Å². The van der Waals surface area contributed by atoms with Crippen molar-refractivity contribution in [2.45, 2.75) is 33.2 Å². The smallest absolute Gasteiger partial charge is 0.254 e. The van der Waals surface area contributed by atoms with E-state index in [1.807, 2.05) is 33.8 Å². The highest BCUT2D eigenvalue weighted by atomic mass is 16.2. The Bertz CT molecular complexity index is 452. The number of carbonyl (C=O) groups is 1. The number of carbonyl (C=O) groups excluding carboxylic acids is 1. The first-order chi connectivity index (χ1) is 7.90. The van der Waals surface area contributed by atoms with Gasteiger partial charge in [0.05, 0.1) is 11.6 Å². The Morgan fingerprint density at radius 3 is 2.53 bits per heavy atom. The van der Waals surface area contributed by atoms with Gasteiger partial charge < -0.3 is 4.90 Å². The van der Waals surface area contributed by atoms with Gasteiger partial charge in [-0.25, -0.2) is 0 Å². The quantitative estimate of drug-likeness (QED) is 0.784. The third kappa shape index (κ3) is 3.07. The lowest BCUT2D eigenvalue weighted by Crippen LogP contribution is -2.45. The molecule has 17 heavy (non-hydrogen) atoms. The maximum atomic E-state index is 12.3. The molecular formula is C14H18N2O. The van der Waals surface area contributed by atoms with Crippen LogP contribution in [0.15, 0.2) is 24.3 Å². The van der Waals surface area contributed by atoms with Crippen molar-refractivity contribution >= 4 is 5.91 Å². The van der Waals surface area contributed by atoms with E-state index in [2.05, 4.69) is 0 Å². The molecule has 1 rings (SSSR count). The van der Waals surface area contributed by atoms with Gasteiger partial charge in [0.2, 0.25) is 0 Å². The molecular weight excluding hydrogens is 212 g/mol. The fourth-order valence-corrected chi connectivity index (χ4v) is 1.80. The molecule has 0 spiro atoms. The lowest BCUT2D eigenvalue weighted by molar-refractivity contribution is 0.0599. The summed E-state index contributed by atoms with van der Waals surface area (Å²) in [5.41, 5.74) is 0.871. The zero-order valence-corrected chi connectivity index (χ0v) is 10.8. The van der Waals surface area contributed by atoms with Gasteiger partial charge >= 0.3 is 0 Å². The van der Waals surface area contributed by atoms with Crippen molar-refractivity contribution in [3.8, 4) is 6.07 Å². The summed E-state index contributed by atoms with van der Waals surface area (Å²) in [6.07, 6.45) is 0. The van der Waals surface area contributed by atoms with Gasteiger partial charge in [0.25, 0.3) is 5.91 Å². The number of nitriles is 1. The summed E-state index contributed by atoms with van der Waals surface area (Å²) in [4.78, 5) is 14.1. The predicted molar refractivity (Wildman–Crippen MR) is 67.6 cm³/mol. The molecule has 0 radical (unpaired) electrons. The molecule has 3 heteroatoms. The second-order valence-corrected chi connectivity index (χ2v) is 4.91. The molecule has 0 unspecified atom stereocenters. The van der Waals surface area contributed by atoms with Crippen molar-refractivity contribution in [2.24, 2.45) is 0 Å². The van der Waals surface area contributed by atoms with E-state index >= 15 is 0 Å². The van der Waals surface area contributed by atoms with Crippen LogP contribution in [0.1, 0.15) is 43.6 Å². The lowest BCUT2D eigenvalue weighted by Gasteiger charge is -2.34. The minimum atomic E-state index is -0.214. The molecule has 0 aliphatic heterocycles. The molecule has 0 bridgehead atoms. The normalized spacial score (nSPS) is 10.8. The molecule has 0 N–H and O–H groups in total. The van der Waals surface area contributed by atoms with Crippen LogP contribution in [-0.4, -0.2) is 22.9 Å². The predicted octanol–water partition coefficient (Wildman–Crippen LogP) is 2.82. The van der Waals surface area contributed by atoms with E-state index < -0.39 is 0 Å². The Balaban J connectivity index is 3.07. The Hall–Kier alpha value is -1.82. The average Bonchev–Trinajstić information content (AvgIpc) is 2.28. The fourth-order valence-electron chi connectivity index (χ4n) is 1.80. The van der Waals surface area contributed by atoms with Crippen molar-refractivity contribution < 1.29 is 4.79 Å². The van der Waals surface area contributed by atoms with E-state index in [4.69, 9.17) is 5.26 Å². The van der Waals surface area contributed by atoms with Gasteiger partial charge in [0.1, 0.15) is 0 Å². The van der Waals surface area contributed by atoms with Crippen LogP contribution in [0, 0.1) is 11.3 Å². The molecule has 0 atom stereocenters. The minimum absolute atomic E-state index is 0.0305. The number of amides is 1. The Morgan fingerprint density at radius 1 is 1.41 bits per heavy atom. The summed E-state index contributed by atoms with van der Waals surface area (Å²) < 4.78 is 0. The van der Waals surface area contributed by atoms with Gasteiger partial charge in [-0.15, -0.1) is 0 Å². The van der Waals surface area contributed by atoms with Crippen molar-refractivity contribution in [3.05, 3.63) is 35.4 Å². The van der Waals surface area contributed by atoms with Crippen molar-refractivity contribution in [2.75, 3.05) is 6.54 Å². The standard InChI is InChI=1S/C14H18N2O/c1-5-16(14(2,3)4)13(17)12-8-6-7-11(9-12)10-15/h6-9H,5H2,1-4H3. The summed E-state index contributed by atoms with van der Waals surface area (Å²) in [5.74, 6) is -0.0305. The van der Waals surface area contributed by atoms with E-state index in [0.717, 1.165) is 0 Å². The fraction of sp³-hybridized carbons (Fsp3) is 0.429. The Labute approximate surface area is 103 Å². The Kier molecular flexibility index (Phi) is 3.90. The Morgan fingerprint density at radius 2 is 2.06 bits per heavy atom. The van der Waals surface area contributed by atoms with Crippen LogP contribution in [0.25, 0.3) is 0 Å². The first kappa shape index (κ1) is 13.2. The molecule has 0 saturated carbocycles. The van der Waals surface area contributed by atoms with Crippen LogP contribution in [0.3, 0.4) is 0 Å². The average molecular weight is 230 g/mol. The van der Waals surface area contributed by atoms with Crippen molar-refractivity contribution in [1.82, 2.24) is 4.90 Å². The summed E-state index contributed by atoms with van der Waals surface area (Å²) >= 11 is 0. The van der Waals surface area contributed by atoms with E-state index in [9.17, 15) is 4.79 Å². The summed E-state index contributed by atoms with van der Waals surface area (Å²) in [7, 11) is 0. The van der Waals surface area contributed by atoms with Gasteiger partial charge in [-0.1, -0.05) is 6.07 Å². The molecule has 0 aliphatic carbocycles. The zero-order chi connectivity index (χ0) is 13.1. The molecule has 1 aromatic carbocycles. The number of nitrogens with zero attached hydrogens (tertiary/aromatic N) is 2. The zero-order valence-electron chi connectivity index (χ0n) is 10.8. The third-order valence-electron chi connectivity index (χ3n) is 2.61. The highest BCUT2D eigenvalue weighted by molar-refractivity contribution is 5.95. The van der Waals surface area contributed by atoms with E-state index in [0.29, 0.717) is 17.7 Å². The van der Waals surface area contributed by atoms with Crippen molar-refractivity contribution in [3.63, 3.8) is 0 Å². The largest absolute Gasteiger partial charge is 0.334 e. The monoisotopic (exact) mass is 230 g/mol. The summed E-state index contributed by atoms with van der Waals surface area (Å²) in [6.45, 7) is 8.62. The molecule has 3 nitrogen and oxygen atoms in total. The molecule has 0 fully saturated rings. The van der Waals surface area contributed by atoms with Crippen LogP contribution in [0.2, 0.25) is 0 Å². The SMILES string of the molecule is CCN(C(=O)c1cccc(C#N)c1)C(C)(C)C. The van der Waals surface area contributed by atoms with E-state index in [1.54, 1.807) is 29.2 Å². The highest BCUT2D eigenvalue weighted by Gasteiger charge is 2.25. The van der Waals surface area contributed by atoms with Gasteiger partial charge in [-0.2, -0.15) is 5.26 Å². The summed E-state index contributed by atoms with van der Waals surface area (Å²) in [5, 5.41) is 8.82. The lowest BCUT2D eigenvalue weighted by atomic mass is 10.0. The van der Waals surface area contributed by atoms with Gasteiger partial charge in [0, 0.05) is 17.6 Å². The van der Waals surface area contributed by atoms with Crippen LogP contribution < -0.4 is 0 Å². The maximum Gasteiger partial charge on any atom is 0.254 e. The second-order valence-electron chi connectivity index (χ2n) is 4.91. The summed E-state index contributed by atoms with van der Waals surface area (Å²) in [6, 6.07) is 8.87. The number of rotatable bonds is 2. The van der Waals surface area contributed by atoms with E-state index in [-0.39, 0.29) is 11.4 Å². The topological polar surface area (TPSA) is 44.1 Å². The second kappa shape index (κ2) is 5.01. The number of hydrogen-bond donors (Lipinski definition) is 0. The first-order valence-electron chi connectivity index (χ1n) is 5.72. The van der Waals surface area contributed by atoms with Crippen molar-refractivity contribution in [1.29, 1.82) is 5.26 Å². The molecule has 1 amide bonds. The molecule has 0 heterocycles. The van der Waals surface area contributed by atoms with Gasteiger partial charge in [-0.05, 0) is 45.9 Å². The highest BCUT2D eigenvalue weighted by Crippen LogP contribution is 2.17. The third-order valence-corrected chi connectivity index (χ3v) is 2.61. The van der Waals surface area contributed by atoms with Crippen LogP contribution >= 0.6 is 0 Å². The molecule has 1 aromatic rings. The molecule has 0 aromatic heterocycles. The van der Waals surface area contributed by atoms with Gasteiger partial charge in [-0.3, -0.25) is 4.79 Å².